The summed E-state index contributed by atoms with van der Waals surface area (Å²) in [5.74, 6) is 0.516. The van der Waals surface area contributed by atoms with Crippen LogP contribution in [0.1, 0.15) is 45.1 Å². The van der Waals surface area contributed by atoms with Gasteiger partial charge in [0.15, 0.2) is 0 Å². The van der Waals surface area contributed by atoms with Gasteiger partial charge in [-0.25, -0.2) is 0 Å². The van der Waals surface area contributed by atoms with E-state index in [2.05, 4.69) is 29.6 Å². The van der Waals surface area contributed by atoms with E-state index in [1.807, 2.05) is 48.5 Å². The van der Waals surface area contributed by atoms with E-state index < -0.39 is 6.10 Å². The Morgan fingerprint density at radius 3 is 2.17 bits per heavy atom. The van der Waals surface area contributed by atoms with Gasteiger partial charge in [0.05, 0.1) is 12.8 Å². The van der Waals surface area contributed by atoms with Crippen LogP contribution in [0.15, 0.2) is 95.6 Å². The molecule has 1 amide bonds. The van der Waals surface area contributed by atoms with Gasteiger partial charge < -0.3 is 14.8 Å². The van der Waals surface area contributed by atoms with E-state index in [4.69, 9.17) is 4.42 Å². The van der Waals surface area contributed by atoms with Crippen LogP contribution in [0.2, 0.25) is 0 Å². The van der Waals surface area contributed by atoms with Crippen LogP contribution in [0.25, 0.3) is 0 Å². The highest BCUT2D eigenvalue weighted by atomic mass is 32.1. The number of furan rings is 1. The molecule has 0 saturated heterocycles. The van der Waals surface area contributed by atoms with E-state index in [1.165, 1.54) is 11.3 Å². The third kappa shape index (κ3) is 4.87. The highest BCUT2D eigenvalue weighted by Crippen LogP contribution is 2.30. The molecule has 152 valence electrons. The Hall–Kier alpha value is -3.15. The van der Waals surface area contributed by atoms with Gasteiger partial charge >= 0.3 is 0 Å². The monoisotopic (exact) mass is 417 g/mol. The summed E-state index contributed by atoms with van der Waals surface area (Å²) in [7, 11) is 0. The highest BCUT2D eigenvalue weighted by molar-refractivity contribution is 7.12. The van der Waals surface area contributed by atoms with Crippen molar-refractivity contribution < 1.29 is 14.3 Å². The number of amides is 1. The summed E-state index contributed by atoms with van der Waals surface area (Å²) in [5, 5.41) is 13.4. The molecule has 30 heavy (non-hydrogen) atoms. The SMILES string of the molecule is O=C(CC(c1ccccc1)c1ccccc1)NCc1ccc(C(O)c2ccco2)s1. The minimum Gasteiger partial charge on any atom is -0.466 e. The van der Waals surface area contributed by atoms with Gasteiger partial charge in [-0.2, -0.15) is 0 Å². The number of carbonyl (C=O) groups excluding carboxylic acids is 1. The number of benzene rings is 2. The lowest BCUT2D eigenvalue weighted by Gasteiger charge is -2.17. The zero-order valence-corrected chi connectivity index (χ0v) is 17.2. The van der Waals surface area contributed by atoms with Gasteiger partial charge in [-0.15, -0.1) is 11.3 Å². The van der Waals surface area contributed by atoms with Crippen molar-refractivity contribution in [3.05, 3.63) is 118 Å². The summed E-state index contributed by atoms with van der Waals surface area (Å²) >= 11 is 1.47. The second-order valence-electron chi connectivity index (χ2n) is 7.08. The molecule has 4 aromatic rings. The van der Waals surface area contributed by atoms with Gasteiger partial charge in [0.2, 0.25) is 5.91 Å². The Bertz CT molecular complexity index is 1020. The molecule has 0 aliphatic heterocycles. The number of hydrogen-bond donors (Lipinski definition) is 2. The number of aliphatic hydroxyl groups is 1. The molecule has 2 aromatic carbocycles. The number of hydrogen-bond acceptors (Lipinski definition) is 4. The molecule has 0 spiro atoms. The number of rotatable bonds is 8. The van der Waals surface area contributed by atoms with Crippen LogP contribution < -0.4 is 5.32 Å². The van der Waals surface area contributed by atoms with Crippen LogP contribution in [0, 0.1) is 0 Å². The van der Waals surface area contributed by atoms with Crippen molar-refractivity contribution in [1.82, 2.24) is 5.32 Å². The molecule has 0 radical (unpaired) electrons. The van der Waals surface area contributed by atoms with E-state index in [1.54, 1.807) is 18.4 Å². The molecule has 0 fully saturated rings. The first-order valence-electron chi connectivity index (χ1n) is 9.87. The molecule has 0 saturated carbocycles. The number of nitrogens with one attached hydrogen (secondary N) is 1. The fraction of sp³-hybridized carbons (Fsp3) is 0.160. The number of thiophene rings is 1. The predicted octanol–water partition coefficient (Wildman–Crippen LogP) is 5.26. The third-order valence-corrected chi connectivity index (χ3v) is 6.16. The summed E-state index contributed by atoms with van der Waals surface area (Å²) in [6.45, 7) is 0.435. The van der Waals surface area contributed by atoms with Gasteiger partial charge in [0.25, 0.3) is 0 Å². The fourth-order valence-electron chi connectivity index (χ4n) is 3.47. The minimum atomic E-state index is -0.782. The van der Waals surface area contributed by atoms with Crippen molar-refractivity contribution in [2.75, 3.05) is 0 Å². The zero-order chi connectivity index (χ0) is 20.8. The Morgan fingerprint density at radius 2 is 1.57 bits per heavy atom. The Morgan fingerprint density at radius 1 is 0.900 bits per heavy atom. The lowest BCUT2D eigenvalue weighted by atomic mass is 9.88. The summed E-state index contributed by atoms with van der Waals surface area (Å²) < 4.78 is 5.27. The van der Waals surface area contributed by atoms with Crippen LogP contribution in [-0.2, 0) is 11.3 Å². The average Bonchev–Trinajstić information content (AvgIpc) is 3.49. The summed E-state index contributed by atoms with van der Waals surface area (Å²) in [4.78, 5) is 14.5. The number of aliphatic hydroxyl groups excluding tert-OH is 1. The molecule has 5 heteroatoms. The van der Waals surface area contributed by atoms with Crippen LogP contribution in [0.4, 0.5) is 0 Å². The van der Waals surface area contributed by atoms with Gasteiger partial charge in [-0.1, -0.05) is 60.7 Å². The molecule has 1 unspecified atom stereocenters. The molecule has 0 aliphatic carbocycles. The van der Waals surface area contributed by atoms with Crippen LogP contribution in [0.5, 0.6) is 0 Å². The molecule has 2 heterocycles. The van der Waals surface area contributed by atoms with Crippen LogP contribution in [-0.4, -0.2) is 11.0 Å². The van der Waals surface area contributed by atoms with E-state index in [0.717, 1.165) is 20.9 Å². The van der Waals surface area contributed by atoms with Crippen molar-refractivity contribution in [2.24, 2.45) is 0 Å². The minimum absolute atomic E-state index is 0.00533. The maximum atomic E-state index is 12.7. The molecule has 4 rings (SSSR count). The normalized spacial score (nSPS) is 12.1. The molecular formula is C25H23NO3S. The fourth-order valence-corrected chi connectivity index (χ4v) is 4.41. The second-order valence-corrected chi connectivity index (χ2v) is 8.28. The van der Waals surface area contributed by atoms with E-state index in [9.17, 15) is 9.90 Å². The highest BCUT2D eigenvalue weighted by Gasteiger charge is 2.19. The molecular weight excluding hydrogens is 394 g/mol. The van der Waals surface area contributed by atoms with Crippen LogP contribution in [0.3, 0.4) is 0 Å². The van der Waals surface area contributed by atoms with E-state index >= 15 is 0 Å². The van der Waals surface area contributed by atoms with E-state index in [-0.39, 0.29) is 11.8 Å². The van der Waals surface area contributed by atoms with Gasteiger partial charge in [0.1, 0.15) is 11.9 Å². The van der Waals surface area contributed by atoms with Gasteiger partial charge in [0, 0.05) is 22.1 Å². The first kappa shape index (κ1) is 20.1. The summed E-state index contributed by atoms with van der Waals surface area (Å²) in [6.07, 6.45) is 1.14. The lowest BCUT2D eigenvalue weighted by molar-refractivity contribution is -0.121. The zero-order valence-electron chi connectivity index (χ0n) is 16.4. The standard InChI is InChI=1S/C25H23NO3S/c27-24(16-21(18-8-3-1-4-9-18)19-10-5-2-6-11-19)26-17-20-13-14-23(30-20)25(28)22-12-7-15-29-22/h1-15,21,25,28H,16-17H2,(H,26,27). The van der Waals surface area contributed by atoms with Crippen molar-refractivity contribution in [2.45, 2.75) is 25.0 Å². The van der Waals surface area contributed by atoms with E-state index in [0.29, 0.717) is 18.7 Å². The smallest absolute Gasteiger partial charge is 0.221 e. The summed E-state index contributed by atoms with van der Waals surface area (Å²) in [6, 6.07) is 27.5. The Kier molecular flexibility index (Phi) is 6.42. The predicted molar refractivity (Wildman–Crippen MR) is 118 cm³/mol. The lowest BCUT2D eigenvalue weighted by Crippen LogP contribution is -2.24. The van der Waals surface area contributed by atoms with Gasteiger partial charge in [-0.3, -0.25) is 4.79 Å². The molecule has 1 atom stereocenters. The first-order valence-corrected chi connectivity index (χ1v) is 10.7. The molecule has 0 bridgehead atoms. The molecule has 2 aromatic heterocycles. The summed E-state index contributed by atoms with van der Waals surface area (Å²) in [5.41, 5.74) is 2.25. The maximum absolute atomic E-state index is 12.7. The third-order valence-electron chi connectivity index (χ3n) is 5.02. The van der Waals surface area contributed by atoms with Crippen LogP contribution >= 0.6 is 11.3 Å². The average molecular weight is 418 g/mol. The maximum Gasteiger partial charge on any atom is 0.221 e. The van der Waals surface area contributed by atoms with Crippen molar-refractivity contribution in [3.63, 3.8) is 0 Å². The second kappa shape index (κ2) is 9.57. The van der Waals surface area contributed by atoms with Gasteiger partial charge in [-0.05, 0) is 35.4 Å². The quantitative estimate of drug-likeness (QED) is 0.411. The van der Waals surface area contributed by atoms with Crippen molar-refractivity contribution in [3.8, 4) is 0 Å². The van der Waals surface area contributed by atoms with Crippen molar-refractivity contribution in [1.29, 1.82) is 0 Å². The number of carbonyl (C=O) groups is 1. The largest absolute Gasteiger partial charge is 0.466 e. The Labute approximate surface area is 179 Å². The molecule has 2 N–H and O–H groups in total. The van der Waals surface area contributed by atoms with Crippen molar-refractivity contribution >= 4 is 17.2 Å². The molecule has 4 nitrogen and oxygen atoms in total. The first-order chi connectivity index (χ1) is 14.7. The molecule has 0 aliphatic rings. The Balaban J connectivity index is 1.40. The topological polar surface area (TPSA) is 62.5 Å².